The van der Waals surface area contributed by atoms with Gasteiger partial charge in [0.15, 0.2) is 0 Å². The van der Waals surface area contributed by atoms with E-state index in [1.165, 1.54) is 0 Å². The van der Waals surface area contributed by atoms with Crippen LogP contribution in [-0.4, -0.2) is 22.0 Å². The number of fused-ring (bicyclic) bond motifs is 1. The molecule has 0 aliphatic carbocycles. The highest BCUT2D eigenvalue weighted by Crippen LogP contribution is 2.17. The fraction of sp³-hybridized carbons (Fsp3) is 0.471. The lowest BCUT2D eigenvalue weighted by Gasteiger charge is -2.17. The van der Waals surface area contributed by atoms with E-state index < -0.39 is 0 Å². The summed E-state index contributed by atoms with van der Waals surface area (Å²) in [5, 5.41) is 3.50. The number of nitrogens with one attached hydrogen (secondary N) is 1. The van der Waals surface area contributed by atoms with Crippen LogP contribution in [0.3, 0.4) is 0 Å². The molecule has 118 valence electrons. The third-order valence-electron chi connectivity index (χ3n) is 3.44. The van der Waals surface area contributed by atoms with E-state index in [0.29, 0.717) is 36.1 Å². The van der Waals surface area contributed by atoms with Crippen molar-refractivity contribution in [2.45, 2.75) is 33.6 Å². The van der Waals surface area contributed by atoms with Crippen LogP contribution >= 0.6 is 0 Å². The van der Waals surface area contributed by atoms with Crippen LogP contribution < -0.4 is 10.9 Å². The van der Waals surface area contributed by atoms with Gasteiger partial charge in [-0.25, -0.2) is 4.98 Å². The van der Waals surface area contributed by atoms with Gasteiger partial charge in [0.1, 0.15) is 5.82 Å². The monoisotopic (exact) mass is 301 g/mol. The summed E-state index contributed by atoms with van der Waals surface area (Å²) in [6.45, 7) is 6.57. The number of carbonyl (C=O) groups excluding carboxylic acids is 1. The molecule has 1 aromatic heterocycles. The summed E-state index contributed by atoms with van der Waals surface area (Å²) in [5.41, 5.74) is 0.612. The maximum atomic E-state index is 12.3. The number of rotatable bonds is 4. The summed E-state index contributed by atoms with van der Waals surface area (Å²) in [6.07, 6.45) is 1.02. The molecule has 2 rings (SSSR count). The maximum Gasteiger partial charge on any atom is 0.261 e. The Morgan fingerprint density at radius 1 is 1.27 bits per heavy atom. The van der Waals surface area contributed by atoms with E-state index in [9.17, 15) is 9.59 Å². The summed E-state index contributed by atoms with van der Waals surface area (Å²) >= 11 is 0. The van der Waals surface area contributed by atoms with Crippen molar-refractivity contribution in [1.82, 2.24) is 14.9 Å². The van der Waals surface area contributed by atoms with E-state index in [4.69, 9.17) is 0 Å². The summed E-state index contributed by atoms with van der Waals surface area (Å²) in [5.74, 6) is 0.707. The fourth-order valence-electron chi connectivity index (χ4n) is 2.35. The number of benzene rings is 1. The lowest BCUT2D eigenvalue weighted by molar-refractivity contribution is -0.122. The molecule has 0 unspecified atom stereocenters. The third kappa shape index (κ3) is 3.93. The van der Waals surface area contributed by atoms with Crippen molar-refractivity contribution in [2.24, 2.45) is 12.5 Å². The van der Waals surface area contributed by atoms with Crippen LogP contribution in [0.1, 0.15) is 33.0 Å². The van der Waals surface area contributed by atoms with Gasteiger partial charge in [0.05, 0.1) is 10.9 Å². The molecule has 0 saturated carbocycles. The molecule has 0 saturated heterocycles. The van der Waals surface area contributed by atoms with E-state index in [1.54, 1.807) is 17.7 Å². The van der Waals surface area contributed by atoms with Crippen LogP contribution in [0.2, 0.25) is 0 Å². The normalized spacial score (nSPS) is 11.6. The van der Waals surface area contributed by atoms with E-state index in [2.05, 4.69) is 10.3 Å². The van der Waals surface area contributed by atoms with Gasteiger partial charge in [-0.3, -0.25) is 14.2 Å². The molecule has 5 nitrogen and oxygen atoms in total. The smallest absolute Gasteiger partial charge is 0.261 e. The first-order valence-corrected chi connectivity index (χ1v) is 7.49. The standard InChI is InChI=1S/C17H23N3O2/c1-17(2,3)11-15(21)18-10-9-14-19-13-8-6-5-7-12(13)16(22)20(14)4/h5-8H,9-11H2,1-4H3,(H,18,21). The van der Waals surface area contributed by atoms with Gasteiger partial charge in [-0.1, -0.05) is 32.9 Å². The molecule has 0 bridgehead atoms. The SMILES string of the molecule is Cn1c(CCNC(=O)CC(C)(C)C)nc2ccccc2c1=O. The summed E-state index contributed by atoms with van der Waals surface area (Å²) < 4.78 is 1.55. The van der Waals surface area contributed by atoms with Gasteiger partial charge in [-0.2, -0.15) is 0 Å². The number of aromatic nitrogens is 2. The minimum absolute atomic E-state index is 0.0262. The third-order valence-corrected chi connectivity index (χ3v) is 3.44. The van der Waals surface area contributed by atoms with Crippen molar-refractivity contribution < 1.29 is 4.79 Å². The van der Waals surface area contributed by atoms with Gasteiger partial charge in [0.25, 0.3) is 5.56 Å². The molecule has 22 heavy (non-hydrogen) atoms. The number of carbonyl (C=O) groups is 1. The minimum Gasteiger partial charge on any atom is -0.356 e. The quantitative estimate of drug-likeness (QED) is 0.940. The fourth-order valence-corrected chi connectivity index (χ4v) is 2.35. The van der Waals surface area contributed by atoms with E-state index >= 15 is 0 Å². The number of hydrogen-bond acceptors (Lipinski definition) is 3. The van der Waals surface area contributed by atoms with Gasteiger partial charge >= 0.3 is 0 Å². The van der Waals surface area contributed by atoms with E-state index in [-0.39, 0.29) is 16.9 Å². The zero-order valence-electron chi connectivity index (χ0n) is 13.6. The number of amides is 1. The minimum atomic E-state index is -0.0541. The van der Waals surface area contributed by atoms with Gasteiger partial charge in [-0.15, -0.1) is 0 Å². The van der Waals surface area contributed by atoms with Crippen molar-refractivity contribution >= 4 is 16.8 Å². The first-order valence-electron chi connectivity index (χ1n) is 7.49. The lowest BCUT2D eigenvalue weighted by Crippen LogP contribution is -2.31. The molecule has 1 heterocycles. The number of nitrogens with zero attached hydrogens (tertiary/aromatic N) is 2. The van der Waals surface area contributed by atoms with Crippen LogP contribution in [0.5, 0.6) is 0 Å². The van der Waals surface area contributed by atoms with Gasteiger partial charge < -0.3 is 5.32 Å². The van der Waals surface area contributed by atoms with Crippen LogP contribution in [0.15, 0.2) is 29.1 Å². The second kappa shape index (κ2) is 6.30. The second-order valence-corrected chi connectivity index (χ2v) is 6.75. The molecular formula is C17H23N3O2. The van der Waals surface area contributed by atoms with Crippen molar-refractivity contribution in [3.63, 3.8) is 0 Å². The van der Waals surface area contributed by atoms with Crippen molar-refractivity contribution in [1.29, 1.82) is 0 Å². The largest absolute Gasteiger partial charge is 0.356 e. The highest BCUT2D eigenvalue weighted by atomic mass is 16.1. The lowest BCUT2D eigenvalue weighted by atomic mass is 9.92. The van der Waals surface area contributed by atoms with Gasteiger partial charge in [0, 0.05) is 26.4 Å². The first-order chi connectivity index (χ1) is 10.3. The Bertz CT molecular complexity index is 742. The molecule has 5 heteroatoms. The summed E-state index contributed by atoms with van der Waals surface area (Å²) in [7, 11) is 1.72. The molecule has 0 radical (unpaired) electrons. The Morgan fingerprint density at radius 3 is 2.64 bits per heavy atom. The molecule has 0 atom stereocenters. The molecular weight excluding hydrogens is 278 g/mol. The molecule has 0 spiro atoms. The molecule has 2 aromatic rings. The summed E-state index contributed by atoms with van der Waals surface area (Å²) in [4.78, 5) is 28.6. The Kier molecular flexibility index (Phi) is 4.64. The van der Waals surface area contributed by atoms with Crippen LogP contribution in [0.25, 0.3) is 10.9 Å². The average molecular weight is 301 g/mol. The van der Waals surface area contributed by atoms with Crippen molar-refractivity contribution in [3.8, 4) is 0 Å². The van der Waals surface area contributed by atoms with Crippen LogP contribution in [-0.2, 0) is 18.3 Å². The van der Waals surface area contributed by atoms with Gasteiger partial charge in [-0.05, 0) is 17.5 Å². The Balaban J connectivity index is 2.08. The number of para-hydroxylation sites is 1. The first kappa shape index (κ1) is 16.2. The Morgan fingerprint density at radius 2 is 1.95 bits per heavy atom. The van der Waals surface area contributed by atoms with Crippen molar-refractivity contribution in [2.75, 3.05) is 6.54 Å². The van der Waals surface area contributed by atoms with E-state index in [1.807, 2.05) is 39.0 Å². The second-order valence-electron chi connectivity index (χ2n) is 6.75. The highest BCUT2D eigenvalue weighted by molar-refractivity contribution is 5.77. The van der Waals surface area contributed by atoms with Gasteiger partial charge in [0.2, 0.25) is 5.91 Å². The molecule has 0 fully saturated rings. The molecule has 1 amide bonds. The predicted octanol–water partition coefficient (Wildman–Crippen LogP) is 2.03. The van der Waals surface area contributed by atoms with Crippen LogP contribution in [0.4, 0.5) is 0 Å². The zero-order valence-corrected chi connectivity index (χ0v) is 13.6. The predicted molar refractivity (Wildman–Crippen MR) is 87.8 cm³/mol. The average Bonchev–Trinajstić information content (AvgIpc) is 2.42. The zero-order chi connectivity index (χ0) is 16.3. The Hall–Kier alpha value is -2.17. The van der Waals surface area contributed by atoms with E-state index in [0.717, 1.165) is 0 Å². The maximum absolute atomic E-state index is 12.3. The van der Waals surface area contributed by atoms with Crippen molar-refractivity contribution in [3.05, 3.63) is 40.4 Å². The van der Waals surface area contributed by atoms with Crippen LogP contribution in [0, 0.1) is 5.41 Å². The molecule has 0 aliphatic rings. The molecule has 1 N–H and O–H groups in total. The highest BCUT2D eigenvalue weighted by Gasteiger charge is 2.15. The molecule has 0 aliphatic heterocycles. The molecule has 1 aromatic carbocycles. The summed E-state index contributed by atoms with van der Waals surface area (Å²) in [6, 6.07) is 7.30. The number of hydrogen-bond donors (Lipinski definition) is 1. The topological polar surface area (TPSA) is 64.0 Å². The Labute approximate surface area is 130 Å².